The molecule has 8 heteroatoms. The molecule has 0 aliphatic heterocycles. The average molecular weight is 526 g/mol. The smallest absolute Gasteiger partial charge is 0.326 e. The van der Waals surface area contributed by atoms with E-state index in [2.05, 4.69) is 15.3 Å². The predicted molar refractivity (Wildman–Crippen MR) is 146 cm³/mol. The number of H-pyrrole nitrogens is 1. The number of nitrogens with one attached hydrogen (secondary N) is 2. The van der Waals surface area contributed by atoms with Crippen LogP contribution in [-0.4, -0.2) is 33.0 Å². The second-order valence-electron chi connectivity index (χ2n) is 8.81. The van der Waals surface area contributed by atoms with Crippen molar-refractivity contribution in [2.24, 2.45) is 0 Å². The molecule has 5 aromatic rings. The molecule has 4 aromatic carbocycles. The number of halogens is 1. The van der Waals surface area contributed by atoms with E-state index in [0.29, 0.717) is 28.4 Å². The van der Waals surface area contributed by atoms with Crippen LogP contribution in [0, 0.1) is 0 Å². The molecule has 0 saturated heterocycles. The summed E-state index contributed by atoms with van der Waals surface area (Å²) in [7, 11) is 0. The van der Waals surface area contributed by atoms with Crippen LogP contribution in [-0.2, 0) is 17.8 Å². The Hall–Kier alpha value is -4.62. The zero-order chi connectivity index (χ0) is 26.5. The number of fused-ring (bicyclic) bond motifs is 1. The molecule has 0 bridgehead atoms. The molecule has 0 aliphatic rings. The van der Waals surface area contributed by atoms with E-state index in [1.807, 2.05) is 72.8 Å². The van der Waals surface area contributed by atoms with Crippen molar-refractivity contribution < 1.29 is 19.4 Å². The molecule has 0 saturated carbocycles. The minimum Gasteiger partial charge on any atom is -0.489 e. The molecule has 1 atom stereocenters. The molecule has 0 radical (unpaired) electrons. The molecular formula is C30H24ClN3O4. The number of ether oxygens (including phenoxy) is 1. The summed E-state index contributed by atoms with van der Waals surface area (Å²) in [4.78, 5) is 32.1. The molecule has 0 fully saturated rings. The van der Waals surface area contributed by atoms with Crippen LogP contribution in [0.2, 0.25) is 5.02 Å². The van der Waals surface area contributed by atoms with Crippen LogP contribution in [0.5, 0.6) is 5.75 Å². The van der Waals surface area contributed by atoms with Gasteiger partial charge in [-0.25, -0.2) is 9.78 Å². The summed E-state index contributed by atoms with van der Waals surface area (Å²) in [6, 6.07) is 28.9. The maximum absolute atomic E-state index is 12.9. The first-order valence-corrected chi connectivity index (χ1v) is 12.4. The lowest BCUT2D eigenvalue weighted by molar-refractivity contribution is -0.139. The maximum atomic E-state index is 12.9. The third kappa shape index (κ3) is 6.02. The SMILES string of the molecule is O=C(N[C@@H](Cc1ccc(OCc2ccccc2)cc1)C(=O)O)c1nc2ccc(-c3ccc(Cl)cc3)cc2[nH]1. The first-order valence-electron chi connectivity index (χ1n) is 12.0. The average Bonchev–Trinajstić information content (AvgIpc) is 3.37. The van der Waals surface area contributed by atoms with Gasteiger partial charge in [-0.1, -0.05) is 72.3 Å². The molecule has 1 amide bonds. The Morgan fingerprint density at radius 2 is 1.61 bits per heavy atom. The van der Waals surface area contributed by atoms with E-state index in [-0.39, 0.29) is 12.2 Å². The number of aromatic amines is 1. The highest BCUT2D eigenvalue weighted by molar-refractivity contribution is 6.30. The van der Waals surface area contributed by atoms with Gasteiger partial charge in [-0.3, -0.25) is 4.79 Å². The van der Waals surface area contributed by atoms with Crippen molar-refractivity contribution in [1.29, 1.82) is 0 Å². The number of carboxylic acid groups (broad SMARTS) is 1. The molecule has 7 nitrogen and oxygen atoms in total. The minimum atomic E-state index is -1.14. The van der Waals surface area contributed by atoms with E-state index in [1.165, 1.54) is 0 Å². The second-order valence-corrected chi connectivity index (χ2v) is 9.25. The Labute approximate surface area is 224 Å². The number of hydrogen-bond acceptors (Lipinski definition) is 4. The van der Waals surface area contributed by atoms with Crippen LogP contribution in [0.25, 0.3) is 22.2 Å². The van der Waals surface area contributed by atoms with Crippen LogP contribution in [0.4, 0.5) is 0 Å². The number of rotatable bonds is 9. The summed E-state index contributed by atoms with van der Waals surface area (Å²) in [6.07, 6.45) is 0.112. The molecule has 3 N–H and O–H groups in total. The number of nitrogens with zero attached hydrogens (tertiary/aromatic N) is 1. The molecule has 0 aliphatic carbocycles. The van der Waals surface area contributed by atoms with Crippen LogP contribution < -0.4 is 10.1 Å². The number of aliphatic carboxylic acids is 1. The molecule has 5 rings (SSSR count). The summed E-state index contributed by atoms with van der Waals surface area (Å²) in [5.74, 6) is -1.01. The van der Waals surface area contributed by atoms with Gasteiger partial charge in [0.1, 0.15) is 18.4 Å². The Kier molecular flexibility index (Phi) is 7.38. The van der Waals surface area contributed by atoms with Crippen molar-refractivity contribution in [3.8, 4) is 16.9 Å². The van der Waals surface area contributed by atoms with Crippen molar-refractivity contribution in [1.82, 2.24) is 15.3 Å². The number of benzene rings is 4. The number of imidazole rings is 1. The predicted octanol–water partition coefficient (Wildman–Crippen LogP) is 5.89. The van der Waals surface area contributed by atoms with E-state index in [0.717, 1.165) is 22.3 Å². The van der Waals surface area contributed by atoms with E-state index < -0.39 is 17.9 Å². The van der Waals surface area contributed by atoms with Crippen molar-refractivity contribution in [2.75, 3.05) is 0 Å². The lowest BCUT2D eigenvalue weighted by atomic mass is 10.1. The summed E-state index contributed by atoms with van der Waals surface area (Å²) in [5, 5.41) is 13.0. The molecule has 0 spiro atoms. The second kappa shape index (κ2) is 11.2. The van der Waals surface area contributed by atoms with Gasteiger partial charge in [0.25, 0.3) is 5.91 Å². The normalized spacial score (nSPS) is 11.7. The lowest BCUT2D eigenvalue weighted by Crippen LogP contribution is -2.42. The molecule has 0 unspecified atom stereocenters. The first-order chi connectivity index (χ1) is 18.4. The van der Waals surface area contributed by atoms with Gasteiger partial charge in [0.15, 0.2) is 5.82 Å². The minimum absolute atomic E-state index is 0.0455. The summed E-state index contributed by atoms with van der Waals surface area (Å²) < 4.78 is 5.79. The van der Waals surface area contributed by atoms with E-state index in [9.17, 15) is 14.7 Å². The van der Waals surface area contributed by atoms with Gasteiger partial charge >= 0.3 is 5.97 Å². The Balaban J connectivity index is 1.24. The summed E-state index contributed by atoms with van der Waals surface area (Å²) in [6.45, 7) is 0.437. The molecule has 38 heavy (non-hydrogen) atoms. The van der Waals surface area contributed by atoms with Gasteiger partial charge < -0.3 is 20.1 Å². The van der Waals surface area contributed by atoms with Crippen molar-refractivity contribution in [2.45, 2.75) is 19.1 Å². The molecule has 1 aromatic heterocycles. The third-order valence-electron chi connectivity index (χ3n) is 6.09. The molecule has 190 valence electrons. The largest absolute Gasteiger partial charge is 0.489 e. The van der Waals surface area contributed by atoms with Crippen molar-refractivity contribution in [3.63, 3.8) is 0 Å². The monoisotopic (exact) mass is 525 g/mol. The Bertz CT molecular complexity index is 1570. The quantitative estimate of drug-likeness (QED) is 0.223. The van der Waals surface area contributed by atoms with Gasteiger partial charge in [-0.15, -0.1) is 0 Å². The lowest BCUT2D eigenvalue weighted by Gasteiger charge is -2.14. The van der Waals surface area contributed by atoms with Crippen molar-refractivity contribution in [3.05, 3.63) is 119 Å². The van der Waals surface area contributed by atoms with Crippen LogP contribution in [0.1, 0.15) is 21.7 Å². The van der Waals surface area contributed by atoms with Gasteiger partial charge in [-0.2, -0.15) is 0 Å². The standard InChI is InChI=1S/C30H24ClN3O4/c31-23-11-8-21(9-12-23)22-10-15-25-26(17-22)33-28(32-25)29(35)34-27(30(36)37)16-19-6-13-24(14-7-19)38-18-20-4-2-1-3-5-20/h1-15,17,27H,16,18H2,(H,32,33)(H,34,35)(H,36,37)/t27-/m0/s1. The number of aromatic nitrogens is 2. The molecular weight excluding hydrogens is 502 g/mol. The van der Waals surface area contributed by atoms with Gasteiger partial charge in [0.05, 0.1) is 11.0 Å². The van der Waals surface area contributed by atoms with E-state index >= 15 is 0 Å². The number of carbonyl (C=O) groups excluding carboxylic acids is 1. The number of carboxylic acids is 1. The topological polar surface area (TPSA) is 104 Å². The third-order valence-corrected chi connectivity index (χ3v) is 6.34. The highest BCUT2D eigenvalue weighted by Gasteiger charge is 2.23. The van der Waals surface area contributed by atoms with Gasteiger partial charge in [0, 0.05) is 11.4 Å². The highest BCUT2D eigenvalue weighted by Crippen LogP contribution is 2.25. The van der Waals surface area contributed by atoms with Gasteiger partial charge in [0.2, 0.25) is 0 Å². The fraction of sp³-hybridized carbons (Fsp3) is 0.100. The Morgan fingerprint density at radius 1 is 0.895 bits per heavy atom. The number of amides is 1. The zero-order valence-electron chi connectivity index (χ0n) is 20.2. The summed E-state index contributed by atoms with van der Waals surface area (Å²) in [5.41, 5.74) is 4.98. The van der Waals surface area contributed by atoms with Gasteiger partial charge in [-0.05, 0) is 58.7 Å². The highest BCUT2D eigenvalue weighted by atomic mass is 35.5. The van der Waals surface area contributed by atoms with Crippen LogP contribution in [0.15, 0.2) is 97.1 Å². The van der Waals surface area contributed by atoms with Crippen LogP contribution in [0.3, 0.4) is 0 Å². The number of carbonyl (C=O) groups is 2. The summed E-state index contributed by atoms with van der Waals surface area (Å²) >= 11 is 5.98. The fourth-order valence-electron chi connectivity index (χ4n) is 4.06. The first kappa shape index (κ1) is 25.0. The van der Waals surface area contributed by atoms with E-state index in [4.69, 9.17) is 16.3 Å². The number of hydrogen-bond donors (Lipinski definition) is 3. The zero-order valence-corrected chi connectivity index (χ0v) is 21.0. The van der Waals surface area contributed by atoms with E-state index in [1.54, 1.807) is 24.3 Å². The van der Waals surface area contributed by atoms with Crippen LogP contribution >= 0.6 is 11.6 Å². The fourth-order valence-corrected chi connectivity index (χ4v) is 4.19. The maximum Gasteiger partial charge on any atom is 0.326 e. The van der Waals surface area contributed by atoms with Crippen molar-refractivity contribution >= 4 is 34.5 Å². The molecule has 1 heterocycles. The Morgan fingerprint density at radius 3 is 2.32 bits per heavy atom.